The zero-order valence-electron chi connectivity index (χ0n) is 20.1. The van der Waals surface area contributed by atoms with Gasteiger partial charge in [-0.1, -0.05) is 40.7 Å². The Morgan fingerprint density at radius 3 is 2.28 bits per heavy atom. The van der Waals surface area contributed by atoms with Crippen LogP contribution in [0.25, 0.3) is 0 Å². The highest BCUT2D eigenvalue weighted by Crippen LogP contribution is 2.38. The summed E-state index contributed by atoms with van der Waals surface area (Å²) in [5.74, 6) is -8.50. The average molecular weight is 530 g/mol. The molecule has 2 aliphatic rings. The van der Waals surface area contributed by atoms with Crippen LogP contribution >= 0.6 is 11.6 Å². The number of hydrogen-bond acceptors (Lipinski definition) is 4. The lowest BCUT2D eigenvalue weighted by Gasteiger charge is -2.44. The number of alkyl halides is 2. The number of imide groups is 1. The number of rotatable bonds is 5. The Bertz CT molecular complexity index is 1430. The second-order valence-electron chi connectivity index (χ2n) is 9.23. The second kappa shape index (κ2) is 9.64. The molecule has 14 radical (unpaired) electrons. The highest BCUT2D eigenvalue weighted by atomic mass is 35.5. The summed E-state index contributed by atoms with van der Waals surface area (Å²) in [6, 6.07) is 3.80. The number of hydrogen-bond donors (Lipinski definition) is 1. The van der Waals surface area contributed by atoms with E-state index in [0.717, 1.165) is 35.2 Å². The maximum Gasteiger partial charge on any atom is 0.348 e. The predicted molar refractivity (Wildman–Crippen MR) is 144 cm³/mol. The van der Waals surface area contributed by atoms with Gasteiger partial charge in [-0.25, -0.2) is 0 Å². The van der Waals surface area contributed by atoms with Crippen LogP contribution < -0.4 is 16.2 Å². The van der Waals surface area contributed by atoms with Crippen LogP contribution in [0.5, 0.6) is 0 Å². The summed E-state index contributed by atoms with van der Waals surface area (Å²) in [5.41, 5.74) is -2.70. The van der Waals surface area contributed by atoms with Crippen molar-refractivity contribution in [3.63, 3.8) is 0 Å². The molecule has 4 amide bonds. The molecule has 1 unspecified atom stereocenters. The fourth-order valence-electron chi connectivity index (χ4n) is 4.67. The van der Waals surface area contributed by atoms with Gasteiger partial charge >= 0.3 is 5.92 Å². The minimum atomic E-state index is -4.20. The number of piperidine rings is 1. The van der Waals surface area contributed by atoms with Gasteiger partial charge in [0.15, 0.2) is 0 Å². The fourth-order valence-corrected chi connectivity index (χ4v) is 4.79. The Morgan fingerprint density at radius 1 is 1.13 bits per heavy atom. The summed E-state index contributed by atoms with van der Waals surface area (Å²) >= 11 is 5.73. The van der Waals surface area contributed by atoms with Crippen LogP contribution in [0.15, 0.2) is 30.3 Å². The smallest absolute Gasteiger partial charge is 0.348 e. The minimum absolute atomic E-state index is 0.101. The van der Waals surface area contributed by atoms with Crippen LogP contribution in [0.1, 0.15) is 39.9 Å². The number of halogens is 3. The zero-order valence-corrected chi connectivity index (χ0v) is 20.8. The Labute approximate surface area is 237 Å². The second-order valence-corrected chi connectivity index (χ2v) is 9.66. The molecule has 2 aromatic rings. The van der Waals surface area contributed by atoms with Gasteiger partial charge in [-0.3, -0.25) is 24.5 Å². The van der Waals surface area contributed by atoms with Gasteiger partial charge in [-0.15, -0.1) is 0 Å². The zero-order chi connectivity index (χ0) is 29.2. The number of fused-ring (bicyclic) bond motifs is 1. The molecule has 1 atom stereocenters. The monoisotopic (exact) mass is 531 g/mol. The van der Waals surface area contributed by atoms with Crippen LogP contribution in [0, 0.1) is 0 Å². The van der Waals surface area contributed by atoms with Crippen molar-refractivity contribution in [1.29, 1.82) is 0 Å². The quantitative estimate of drug-likeness (QED) is 0.351. The van der Waals surface area contributed by atoms with Crippen LogP contribution in [0.4, 0.5) is 8.78 Å². The third-order valence-electron chi connectivity index (χ3n) is 6.68. The molecule has 2 aliphatic heterocycles. The van der Waals surface area contributed by atoms with E-state index >= 15 is 8.78 Å². The molecule has 17 heteroatoms. The van der Waals surface area contributed by atoms with Crippen molar-refractivity contribution >= 4 is 101 Å². The van der Waals surface area contributed by atoms with E-state index in [0.29, 0.717) is 0 Å². The van der Waals surface area contributed by atoms with Crippen LogP contribution in [0.3, 0.4) is 0 Å². The first-order valence-electron chi connectivity index (χ1n) is 11.2. The molecule has 1 N–H and O–H groups in total. The molecule has 4 rings (SSSR count). The van der Waals surface area contributed by atoms with Crippen LogP contribution in [-0.2, 0) is 31.0 Å². The molecule has 180 valence electrons. The number of amides is 4. The molecule has 39 heavy (non-hydrogen) atoms. The Hall–Kier alpha value is -2.88. The molecule has 1 saturated heterocycles. The van der Waals surface area contributed by atoms with Gasteiger partial charge < -0.3 is 9.71 Å². The summed E-state index contributed by atoms with van der Waals surface area (Å²) in [7, 11) is 42.8. The highest BCUT2D eigenvalue weighted by molar-refractivity contribution is 6.52. The maximum atomic E-state index is 15.0. The van der Waals surface area contributed by atoms with E-state index in [4.69, 9.17) is 66.7 Å². The van der Waals surface area contributed by atoms with Crippen molar-refractivity contribution in [3.8, 4) is 0 Å². The third-order valence-corrected chi connectivity index (χ3v) is 6.93. The first kappa shape index (κ1) is 29.1. The van der Waals surface area contributed by atoms with Crippen molar-refractivity contribution in [3.05, 3.63) is 57.6 Å². The SMILES string of the molecule is [B]c1cc(C([B])([B])N([B])C(=O)C(F)(F)c2ccc(Cl)cc2)c([B])c2c1C(=O)N(C1CCC(=O)NC1=O)C2([B])[B]. The van der Waals surface area contributed by atoms with Crippen molar-refractivity contribution in [1.82, 2.24) is 15.0 Å². The molecule has 7 nitrogen and oxygen atoms in total. The summed E-state index contributed by atoms with van der Waals surface area (Å²) in [6.45, 7) is 0. The van der Waals surface area contributed by atoms with Crippen molar-refractivity contribution < 1.29 is 28.0 Å². The number of nitrogens with zero attached hydrogens (tertiary/aromatic N) is 2. The number of benzene rings is 2. The number of carbonyl (C=O) groups is 4. The van der Waals surface area contributed by atoms with Gasteiger partial charge in [-0.05, 0) is 40.4 Å². The summed E-state index contributed by atoms with van der Waals surface area (Å²) in [6.07, 6.45) is -0.209. The summed E-state index contributed by atoms with van der Waals surface area (Å²) in [4.78, 5) is 50.9. The lowest BCUT2D eigenvalue weighted by Crippen LogP contribution is -2.60. The van der Waals surface area contributed by atoms with E-state index in [9.17, 15) is 19.2 Å². The van der Waals surface area contributed by atoms with Gasteiger partial charge in [0.25, 0.3) is 11.8 Å². The first-order chi connectivity index (χ1) is 17.9. The van der Waals surface area contributed by atoms with Gasteiger partial charge in [0.05, 0.1) is 31.4 Å². The van der Waals surface area contributed by atoms with Gasteiger partial charge in [0.2, 0.25) is 19.8 Å². The molecule has 1 fully saturated rings. The Balaban J connectivity index is 1.77. The predicted octanol–water partition coefficient (Wildman–Crippen LogP) is -2.21. The first-order valence-corrected chi connectivity index (χ1v) is 11.6. The third kappa shape index (κ3) is 4.54. The molecule has 0 bridgehead atoms. The largest absolute Gasteiger partial charge is 0.398 e. The number of carbonyl (C=O) groups excluding carboxylic acids is 4. The molecule has 0 aromatic heterocycles. The van der Waals surface area contributed by atoms with Crippen LogP contribution in [-0.4, -0.2) is 94.4 Å². The van der Waals surface area contributed by atoms with E-state index < -0.39 is 62.9 Å². The molecule has 0 saturated carbocycles. The molecule has 0 spiro atoms. The van der Waals surface area contributed by atoms with Gasteiger partial charge in [0, 0.05) is 22.6 Å². The van der Waals surface area contributed by atoms with E-state index in [1.54, 1.807) is 0 Å². The average Bonchev–Trinajstić information content (AvgIpc) is 3.06. The molecule has 2 aromatic carbocycles. The highest BCUT2D eigenvalue weighted by Gasteiger charge is 2.51. The fraction of sp³-hybridized carbons (Fsp3) is 0.273. The van der Waals surface area contributed by atoms with Crippen molar-refractivity contribution in [2.24, 2.45) is 0 Å². The standard InChI is InChI=1S/C22H11B7ClF2N3O4/c23-11-7-10(21(25,26)35(29)19(39)20(31,32)8-1-3-9(30)4-2-8)16(24)15-14(11)18(38)34(22(15,27)28)12-5-6-13(36)33-17(12)37/h1-4,7,12H,5-6H2,(H,33,36,37). The molecule has 0 aliphatic carbocycles. The van der Waals surface area contributed by atoms with E-state index in [1.165, 1.54) is 0 Å². The Morgan fingerprint density at radius 2 is 1.72 bits per heavy atom. The normalized spacial score (nSPS) is 19.0. The topological polar surface area (TPSA) is 86.8 Å². The van der Waals surface area contributed by atoms with Crippen molar-refractivity contribution in [2.45, 2.75) is 35.5 Å². The lowest BCUT2D eigenvalue weighted by molar-refractivity contribution is -0.155. The van der Waals surface area contributed by atoms with Gasteiger partial charge in [-0.2, -0.15) is 8.78 Å². The maximum absolute atomic E-state index is 15.0. The molecule has 2 heterocycles. The van der Waals surface area contributed by atoms with Crippen LogP contribution in [0.2, 0.25) is 5.02 Å². The molecular formula is C22H11B7ClF2N3O4. The number of nitrogens with one attached hydrogen (secondary N) is 1. The van der Waals surface area contributed by atoms with Gasteiger partial charge in [0.1, 0.15) is 21.7 Å². The minimum Gasteiger partial charge on any atom is -0.398 e. The lowest BCUT2D eigenvalue weighted by atomic mass is 9.49. The Kier molecular flexibility index (Phi) is 7.20. The van der Waals surface area contributed by atoms with Crippen molar-refractivity contribution in [2.75, 3.05) is 0 Å². The van der Waals surface area contributed by atoms with E-state index in [2.05, 4.69) is 5.32 Å². The van der Waals surface area contributed by atoms with E-state index in [-0.39, 0.29) is 39.3 Å². The summed E-state index contributed by atoms with van der Waals surface area (Å²) < 4.78 is 30.1. The summed E-state index contributed by atoms with van der Waals surface area (Å²) in [5, 5.41) is -2.79. The molecular weight excluding hydrogens is 519 g/mol. The van der Waals surface area contributed by atoms with E-state index in [1.807, 2.05) is 0 Å².